The van der Waals surface area contributed by atoms with Crippen LogP contribution in [0.3, 0.4) is 0 Å². The van der Waals surface area contributed by atoms with Gasteiger partial charge in [0.25, 0.3) is 0 Å². The van der Waals surface area contributed by atoms with E-state index in [9.17, 15) is 0 Å². The fourth-order valence-corrected chi connectivity index (χ4v) is 3.65. The number of fused-ring (bicyclic) bond motifs is 1. The summed E-state index contributed by atoms with van der Waals surface area (Å²) in [6.45, 7) is 9.43. The predicted molar refractivity (Wildman–Crippen MR) is 110 cm³/mol. The van der Waals surface area contributed by atoms with Crippen molar-refractivity contribution < 1.29 is 0 Å². The van der Waals surface area contributed by atoms with Crippen LogP contribution >= 0.6 is 0 Å². The first-order chi connectivity index (χ1) is 13.2. The molecule has 0 amide bonds. The zero-order valence-electron chi connectivity index (χ0n) is 16.0. The fourth-order valence-electron chi connectivity index (χ4n) is 3.65. The first-order valence-electron chi connectivity index (χ1n) is 9.55. The van der Waals surface area contributed by atoms with Gasteiger partial charge in [-0.05, 0) is 38.1 Å². The number of piperazine rings is 1. The number of aryl methyl sites for hydroxylation is 1. The van der Waals surface area contributed by atoms with E-state index in [1.54, 1.807) is 6.33 Å². The van der Waals surface area contributed by atoms with E-state index in [1.807, 2.05) is 12.3 Å². The zero-order valence-corrected chi connectivity index (χ0v) is 16.0. The summed E-state index contributed by atoms with van der Waals surface area (Å²) < 4.78 is 0. The Hall–Kier alpha value is -2.73. The molecule has 1 unspecified atom stereocenters. The molecule has 1 saturated heterocycles. The van der Waals surface area contributed by atoms with Gasteiger partial charge in [0.2, 0.25) is 0 Å². The van der Waals surface area contributed by atoms with Gasteiger partial charge in [-0.2, -0.15) is 0 Å². The molecule has 1 atom stereocenters. The lowest BCUT2D eigenvalue weighted by Gasteiger charge is -2.36. The van der Waals surface area contributed by atoms with Gasteiger partial charge in [0.1, 0.15) is 18.0 Å². The molecule has 27 heavy (non-hydrogen) atoms. The highest BCUT2D eigenvalue weighted by molar-refractivity contribution is 5.89. The van der Waals surface area contributed by atoms with Crippen molar-refractivity contribution in [2.24, 2.45) is 0 Å². The third-order valence-corrected chi connectivity index (χ3v) is 5.05. The molecule has 1 aliphatic rings. The van der Waals surface area contributed by atoms with Crippen molar-refractivity contribution in [3.63, 3.8) is 0 Å². The molecule has 1 fully saturated rings. The van der Waals surface area contributed by atoms with Gasteiger partial charge in [0.15, 0.2) is 0 Å². The molecular weight excluding hydrogens is 336 g/mol. The van der Waals surface area contributed by atoms with E-state index in [4.69, 9.17) is 0 Å². The van der Waals surface area contributed by atoms with Gasteiger partial charge in [0, 0.05) is 50.3 Å². The van der Waals surface area contributed by atoms with Gasteiger partial charge in [-0.25, -0.2) is 15.0 Å². The normalized spacial score (nSPS) is 16.4. The molecule has 6 nitrogen and oxygen atoms in total. The topological polar surface area (TPSA) is 57.2 Å². The molecule has 4 rings (SSSR count). The summed E-state index contributed by atoms with van der Waals surface area (Å²) in [4.78, 5) is 18.2. The van der Waals surface area contributed by atoms with E-state index >= 15 is 0 Å². The van der Waals surface area contributed by atoms with Crippen LogP contribution in [-0.2, 0) is 0 Å². The number of hydrogen-bond acceptors (Lipinski definition) is 6. The van der Waals surface area contributed by atoms with E-state index in [0.717, 1.165) is 55.3 Å². The molecule has 140 valence electrons. The maximum Gasteiger partial charge on any atom is 0.137 e. The van der Waals surface area contributed by atoms with Gasteiger partial charge >= 0.3 is 0 Å². The average Bonchev–Trinajstić information content (AvgIpc) is 2.70. The zero-order chi connectivity index (χ0) is 18.6. The van der Waals surface area contributed by atoms with Crippen LogP contribution < -0.4 is 10.2 Å². The number of aromatic nitrogens is 3. The van der Waals surface area contributed by atoms with Crippen LogP contribution in [0, 0.1) is 6.92 Å². The molecule has 6 heteroatoms. The summed E-state index contributed by atoms with van der Waals surface area (Å²) in [6.07, 6.45) is 3.50. The maximum absolute atomic E-state index is 4.48. The van der Waals surface area contributed by atoms with Crippen molar-refractivity contribution in [2.45, 2.75) is 19.9 Å². The van der Waals surface area contributed by atoms with E-state index in [0.29, 0.717) is 6.04 Å². The number of nitrogens with zero attached hydrogens (tertiary/aromatic N) is 5. The lowest BCUT2D eigenvalue weighted by molar-refractivity contribution is 0.250. The Balaban J connectivity index is 1.35. The molecule has 0 saturated carbocycles. The van der Waals surface area contributed by atoms with Crippen LogP contribution in [0.25, 0.3) is 10.9 Å². The molecule has 0 radical (unpaired) electrons. The second kappa shape index (κ2) is 7.88. The highest BCUT2D eigenvalue weighted by Gasteiger charge is 2.19. The summed E-state index contributed by atoms with van der Waals surface area (Å²) in [6, 6.07) is 12.7. The second-order valence-electron chi connectivity index (χ2n) is 7.26. The molecule has 0 aliphatic carbocycles. The van der Waals surface area contributed by atoms with Gasteiger partial charge in [-0.3, -0.25) is 4.90 Å². The lowest BCUT2D eigenvalue weighted by Crippen LogP contribution is -2.49. The van der Waals surface area contributed by atoms with E-state index in [-0.39, 0.29) is 0 Å². The smallest absolute Gasteiger partial charge is 0.137 e. The standard InChI is InChI=1S/C21H26N6/c1-16-6-7-19-18(13-16)21(24-15-23-19)25-17(2)14-26-9-11-27(12-10-26)20-5-3-4-8-22-20/h3-8,13,15,17H,9-12,14H2,1-2H3,(H,23,24,25). The highest BCUT2D eigenvalue weighted by Crippen LogP contribution is 2.21. The van der Waals surface area contributed by atoms with Crippen molar-refractivity contribution >= 4 is 22.5 Å². The second-order valence-corrected chi connectivity index (χ2v) is 7.26. The molecular formula is C21H26N6. The predicted octanol–water partition coefficient (Wildman–Crippen LogP) is 2.96. The van der Waals surface area contributed by atoms with Gasteiger partial charge in [-0.1, -0.05) is 17.7 Å². The third kappa shape index (κ3) is 4.17. The number of hydrogen-bond donors (Lipinski definition) is 1. The molecule has 1 aliphatic heterocycles. The molecule has 1 N–H and O–H groups in total. The highest BCUT2D eigenvalue weighted by atomic mass is 15.3. The molecule has 1 aromatic carbocycles. The minimum atomic E-state index is 0.310. The number of benzene rings is 1. The Morgan fingerprint density at radius 3 is 2.67 bits per heavy atom. The Bertz CT molecular complexity index is 890. The van der Waals surface area contributed by atoms with E-state index in [2.05, 4.69) is 74.2 Å². The number of pyridine rings is 1. The monoisotopic (exact) mass is 362 g/mol. The maximum atomic E-state index is 4.48. The quantitative estimate of drug-likeness (QED) is 0.753. The first-order valence-corrected chi connectivity index (χ1v) is 9.55. The SMILES string of the molecule is Cc1ccc2ncnc(NC(C)CN3CCN(c4ccccn4)CC3)c2c1. The van der Waals surface area contributed by atoms with Crippen LogP contribution in [0.5, 0.6) is 0 Å². The van der Waals surface area contributed by atoms with Crippen LogP contribution in [0.15, 0.2) is 48.9 Å². The Morgan fingerprint density at radius 2 is 1.89 bits per heavy atom. The van der Waals surface area contributed by atoms with Gasteiger partial charge < -0.3 is 10.2 Å². The fraction of sp³-hybridized carbons (Fsp3) is 0.381. The third-order valence-electron chi connectivity index (χ3n) is 5.05. The lowest BCUT2D eigenvalue weighted by atomic mass is 10.1. The van der Waals surface area contributed by atoms with Crippen LogP contribution in [-0.4, -0.2) is 58.6 Å². The van der Waals surface area contributed by atoms with E-state index in [1.165, 1.54) is 5.56 Å². The summed E-state index contributed by atoms with van der Waals surface area (Å²) in [5.41, 5.74) is 2.20. The van der Waals surface area contributed by atoms with Crippen molar-refractivity contribution in [1.82, 2.24) is 19.9 Å². The van der Waals surface area contributed by atoms with E-state index < -0.39 is 0 Å². The van der Waals surface area contributed by atoms with Gasteiger partial charge in [0.05, 0.1) is 5.52 Å². The number of rotatable bonds is 5. The number of anilines is 2. The molecule has 0 spiro atoms. The van der Waals surface area contributed by atoms with Crippen molar-refractivity contribution in [3.05, 3.63) is 54.5 Å². The minimum absolute atomic E-state index is 0.310. The summed E-state index contributed by atoms with van der Waals surface area (Å²) >= 11 is 0. The van der Waals surface area contributed by atoms with Crippen LogP contribution in [0.2, 0.25) is 0 Å². The van der Waals surface area contributed by atoms with Crippen molar-refractivity contribution in [3.8, 4) is 0 Å². The summed E-state index contributed by atoms with van der Waals surface area (Å²) in [5, 5.41) is 4.67. The largest absolute Gasteiger partial charge is 0.366 e. The summed E-state index contributed by atoms with van der Waals surface area (Å²) in [7, 11) is 0. The number of nitrogens with one attached hydrogen (secondary N) is 1. The average molecular weight is 362 g/mol. The minimum Gasteiger partial charge on any atom is -0.366 e. The van der Waals surface area contributed by atoms with Gasteiger partial charge in [-0.15, -0.1) is 0 Å². The van der Waals surface area contributed by atoms with Crippen molar-refractivity contribution in [2.75, 3.05) is 42.9 Å². The van der Waals surface area contributed by atoms with Crippen molar-refractivity contribution in [1.29, 1.82) is 0 Å². The Labute approximate surface area is 160 Å². The molecule has 0 bridgehead atoms. The molecule has 3 aromatic rings. The first kappa shape index (κ1) is 17.7. The molecule has 3 heterocycles. The molecule has 2 aromatic heterocycles. The van der Waals surface area contributed by atoms with Crippen LogP contribution in [0.1, 0.15) is 12.5 Å². The Morgan fingerprint density at radius 1 is 1.04 bits per heavy atom. The Kier molecular flexibility index (Phi) is 5.16. The summed E-state index contributed by atoms with van der Waals surface area (Å²) in [5.74, 6) is 1.99. The van der Waals surface area contributed by atoms with Crippen LogP contribution in [0.4, 0.5) is 11.6 Å².